The molecule has 0 aliphatic carbocycles. The van der Waals surface area contributed by atoms with E-state index >= 15 is 0 Å². The quantitative estimate of drug-likeness (QED) is 0.541. The van der Waals surface area contributed by atoms with Crippen LogP contribution in [0, 0.1) is 0 Å². The molecule has 0 aliphatic rings. The lowest BCUT2D eigenvalue weighted by molar-refractivity contribution is 0.0445. The predicted octanol–water partition coefficient (Wildman–Crippen LogP) is 0.745. The van der Waals surface area contributed by atoms with Crippen LogP contribution in [-0.2, 0) is 15.8 Å². The van der Waals surface area contributed by atoms with Crippen molar-refractivity contribution < 1.29 is 23.5 Å². The Morgan fingerprint density at radius 2 is 2.08 bits per heavy atom. The van der Waals surface area contributed by atoms with Gasteiger partial charge < -0.3 is 29.7 Å². The molecule has 2 rings (SSSR count). The second-order valence-corrected chi connectivity index (χ2v) is 6.97. The minimum absolute atomic E-state index is 0.0128. The number of aromatic nitrogens is 4. The average molecular weight is 376 g/mol. The Labute approximate surface area is 144 Å². The zero-order valence-corrected chi connectivity index (χ0v) is 14.9. The molecule has 10 nitrogen and oxygen atoms in total. The highest BCUT2D eigenvalue weighted by molar-refractivity contribution is 7.51. The van der Waals surface area contributed by atoms with E-state index in [4.69, 9.17) is 20.3 Å². The van der Waals surface area contributed by atoms with Crippen molar-refractivity contribution in [3.63, 3.8) is 0 Å². The standard InChI is InChI=1S/C13H22FN6O4P/c1-3-19(4-2)11-10-12(18-13(15)17-11)20(7-16-10)6-9(5-14)24-8-25(21,22)23/h7,9H,3-6,8H2,1-2H3,(H2,15,17,18)(H2,21,22,23). The number of fused-ring (bicyclic) bond motifs is 1. The molecular weight excluding hydrogens is 354 g/mol. The normalized spacial score (nSPS) is 13.3. The monoisotopic (exact) mass is 376 g/mol. The highest BCUT2D eigenvalue weighted by atomic mass is 31.2. The number of hydrogen-bond donors (Lipinski definition) is 3. The van der Waals surface area contributed by atoms with E-state index in [0.717, 1.165) is 0 Å². The highest BCUT2D eigenvalue weighted by Crippen LogP contribution is 2.34. The van der Waals surface area contributed by atoms with Crippen LogP contribution in [0.15, 0.2) is 6.33 Å². The van der Waals surface area contributed by atoms with Gasteiger partial charge in [0.05, 0.1) is 12.9 Å². The first-order valence-electron chi connectivity index (χ1n) is 7.74. The van der Waals surface area contributed by atoms with Gasteiger partial charge in [0.1, 0.15) is 19.1 Å². The summed E-state index contributed by atoms with van der Waals surface area (Å²) in [5.74, 6) is 0.642. The summed E-state index contributed by atoms with van der Waals surface area (Å²) >= 11 is 0. The van der Waals surface area contributed by atoms with E-state index in [1.54, 1.807) is 0 Å². The van der Waals surface area contributed by atoms with Crippen molar-refractivity contribution in [3.05, 3.63) is 6.33 Å². The van der Waals surface area contributed by atoms with Gasteiger partial charge in [-0.3, -0.25) is 4.57 Å². The number of nitrogens with two attached hydrogens (primary N) is 1. The fraction of sp³-hybridized carbons (Fsp3) is 0.615. The number of hydrogen-bond acceptors (Lipinski definition) is 7. The molecule has 0 aromatic carbocycles. The van der Waals surface area contributed by atoms with Crippen LogP contribution >= 0.6 is 7.60 Å². The molecule has 2 aromatic rings. The van der Waals surface area contributed by atoms with Gasteiger partial charge in [-0.2, -0.15) is 9.97 Å². The second kappa shape index (κ2) is 8.05. The number of rotatable bonds is 9. The summed E-state index contributed by atoms with van der Waals surface area (Å²) in [6, 6.07) is 0. The Morgan fingerprint density at radius 1 is 1.40 bits per heavy atom. The van der Waals surface area contributed by atoms with Gasteiger partial charge in [-0.05, 0) is 13.8 Å². The molecule has 4 N–H and O–H groups in total. The van der Waals surface area contributed by atoms with Gasteiger partial charge in [-0.25, -0.2) is 9.37 Å². The van der Waals surface area contributed by atoms with Crippen molar-refractivity contribution >= 4 is 30.5 Å². The molecule has 0 saturated carbocycles. The fourth-order valence-electron chi connectivity index (χ4n) is 2.39. The summed E-state index contributed by atoms with van der Waals surface area (Å²) < 4.78 is 30.5. The van der Waals surface area contributed by atoms with Gasteiger partial charge in [0, 0.05) is 13.1 Å². The van der Waals surface area contributed by atoms with E-state index in [1.165, 1.54) is 10.9 Å². The van der Waals surface area contributed by atoms with Crippen molar-refractivity contribution in [1.29, 1.82) is 0 Å². The highest BCUT2D eigenvalue weighted by Gasteiger charge is 2.21. The average Bonchev–Trinajstić information content (AvgIpc) is 2.94. The van der Waals surface area contributed by atoms with Gasteiger partial charge in [0.25, 0.3) is 0 Å². The predicted molar refractivity (Wildman–Crippen MR) is 91.1 cm³/mol. The summed E-state index contributed by atoms with van der Waals surface area (Å²) in [5, 5.41) is 0. The third-order valence-corrected chi connectivity index (χ3v) is 4.06. The number of alkyl halides is 1. The van der Waals surface area contributed by atoms with Gasteiger partial charge >= 0.3 is 7.60 Å². The molecule has 1 atom stereocenters. The number of nitrogens with zero attached hydrogens (tertiary/aromatic N) is 5. The van der Waals surface area contributed by atoms with E-state index in [0.29, 0.717) is 30.1 Å². The van der Waals surface area contributed by atoms with E-state index in [-0.39, 0.29) is 12.5 Å². The summed E-state index contributed by atoms with van der Waals surface area (Å²) in [4.78, 5) is 32.3. The number of anilines is 2. The first-order valence-corrected chi connectivity index (χ1v) is 9.54. The minimum atomic E-state index is -4.37. The Morgan fingerprint density at radius 3 is 2.64 bits per heavy atom. The molecule has 1 unspecified atom stereocenters. The second-order valence-electron chi connectivity index (χ2n) is 5.38. The van der Waals surface area contributed by atoms with Crippen LogP contribution in [0.4, 0.5) is 16.2 Å². The maximum absolute atomic E-state index is 13.1. The summed E-state index contributed by atoms with van der Waals surface area (Å²) in [7, 11) is -4.37. The number of nitrogen functional groups attached to an aromatic ring is 1. The number of halogens is 1. The molecule has 0 saturated heterocycles. The molecule has 0 bridgehead atoms. The van der Waals surface area contributed by atoms with E-state index < -0.39 is 26.7 Å². The molecule has 2 aromatic heterocycles. The van der Waals surface area contributed by atoms with Gasteiger partial charge in [-0.1, -0.05) is 0 Å². The first-order chi connectivity index (χ1) is 11.8. The van der Waals surface area contributed by atoms with E-state index in [1.807, 2.05) is 18.7 Å². The van der Waals surface area contributed by atoms with E-state index in [2.05, 4.69) is 15.0 Å². The molecule has 2 heterocycles. The van der Waals surface area contributed by atoms with Crippen LogP contribution in [0.3, 0.4) is 0 Å². The molecular formula is C13H22FN6O4P. The lowest BCUT2D eigenvalue weighted by atomic mass is 10.3. The smallest absolute Gasteiger partial charge is 0.350 e. The first kappa shape index (κ1) is 19.5. The van der Waals surface area contributed by atoms with Gasteiger partial charge in [0.2, 0.25) is 5.95 Å². The van der Waals surface area contributed by atoms with Gasteiger partial charge in [0.15, 0.2) is 17.0 Å². The Hall–Kier alpha value is -1.81. The number of imidazole rings is 1. The van der Waals surface area contributed by atoms with Crippen LogP contribution in [0.1, 0.15) is 13.8 Å². The molecule has 0 fully saturated rings. The van der Waals surface area contributed by atoms with Crippen LogP contribution in [0.5, 0.6) is 0 Å². The topological polar surface area (TPSA) is 140 Å². The molecule has 0 amide bonds. The molecule has 0 aliphatic heterocycles. The Kier molecular flexibility index (Phi) is 6.28. The number of ether oxygens (including phenoxy) is 1. The maximum Gasteiger partial charge on any atom is 0.350 e. The van der Waals surface area contributed by atoms with Crippen molar-refractivity contribution in [1.82, 2.24) is 19.5 Å². The molecule has 25 heavy (non-hydrogen) atoms. The molecule has 0 radical (unpaired) electrons. The largest absolute Gasteiger partial charge is 0.368 e. The van der Waals surface area contributed by atoms with Crippen molar-refractivity contribution in [2.75, 3.05) is 36.7 Å². The SMILES string of the molecule is CCN(CC)c1nc(N)nc2c1ncn2CC(CF)OCP(=O)(O)O. The molecule has 0 spiro atoms. The lowest BCUT2D eigenvalue weighted by Gasteiger charge is -2.20. The summed E-state index contributed by atoms with van der Waals surface area (Å²) in [6.07, 6.45) is -0.441. The van der Waals surface area contributed by atoms with E-state index in [9.17, 15) is 8.96 Å². The zero-order valence-electron chi connectivity index (χ0n) is 14.0. The Balaban J connectivity index is 2.31. The third kappa shape index (κ3) is 4.85. The van der Waals surface area contributed by atoms with Crippen LogP contribution in [0.25, 0.3) is 11.2 Å². The lowest BCUT2D eigenvalue weighted by Crippen LogP contribution is -2.24. The molecule has 140 valence electrons. The molecule has 12 heteroatoms. The zero-order chi connectivity index (χ0) is 18.6. The maximum atomic E-state index is 13.1. The van der Waals surface area contributed by atoms with Crippen LogP contribution < -0.4 is 10.6 Å². The fourth-order valence-corrected chi connectivity index (χ4v) is 2.80. The summed E-state index contributed by atoms with van der Waals surface area (Å²) in [5.41, 5.74) is 6.71. The third-order valence-electron chi connectivity index (χ3n) is 3.58. The van der Waals surface area contributed by atoms with Crippen LogP contribution in [-0.4, -0.2) is 61.5 Å². The van der Waals surface area contributed by atoms with Crippen molar-refractivity contribution in [2.45, 2.75) is 26.5 Å². The minimum Gasteiger partial charge on any atom is -0.368 e. The van der Waals surface area contributed by atoms with Crippen molar-refractivity contribution in [2.24, 2.45) is 0 Å². The Bertz CT molecular complexity index is 762. The van der Waals surface area contributed by atoms with Gasteiger partial charge in [-0.15, -0.1) is 0 Å². The summed E-state index contributed by atoms with van der Waals surface area (Å²) in [6.45, 7) is 4.42. The van der Waals surface area contributed by atoms with Crippen molar-refractivity contribution in [3.8, 4) is 0 Å². The van der Waals surface area contributed by atoms with Crippen LogP contribution in [0.2, 0.25) is 0 Å².